The minimum atomic E-state index is 0.713. The van der Waals surface area contributed by atoms with Crippen LogP contribution in [0.15, 0.2) is 47.6 Å². The minimum absolute atomic E-state index is 0.713. The maximum atomic E-state index is 5.61. The number of rotatable bonds is 2. The van der Waals surface area contributed by atoms with Crippen LogP contribution in [0, 0.1) is 5.92 Å². The van der Waals surface area contributed by atoms with Gasteiger partial charge < -0.3 is 4.74 Å². The van der Waals surface area contributed by atoms with E-state index in [2.05, 4.69) is 30.3 Å². The summed E-state index contributed by atoms with van der Waals surface area (Å²) >= 11 is 0. The van der Waals surface area contributed by atoms with Crippen molar-refractivity contribution >= 4 is 5.76 Å². The van der Waals surface area contributed by atoms with Gasteiger partial charge in [-0.2, -0.15) is 0 Å². The molecule has 1 aromatic carbocycles. The quantitative estimate of drug-likeness (QED) is 0.678. The van der Waals surface area contributed by atoms with Gasteiger partial charge in [-0.3, -0.25) is 0 Å². The van der Waals surface area contributed by atoms with Gasteiger partial charge in [-0.1, -0.05) is 42.0 Å². The Morgan fingerprint density at radius 3 is 2.62 bits per heavy atom. The molecule has 3 rings (SSSR count). The van der Waals surface area contributed by atoms with E-state index in [1.54, 1.807) is 12.7 Å². The lowest BCUT2D eigenvalue weighted by atomic mass is 9.95. The minimum Gasteiger partial charge on any atom is -0.496 e. The maximum absolute atomic E-state index is 5.61. The van der Waals surface area contributed by atoms with Crippen LogP contribution in [0.2, 0.25) is 0 Å². The second kappa shape index (κ2) is 3.82. The Morgan fingerprint density at radius 2 is 2.06 bits per heavy atom. The topological polar surface area (TPSA) is 9.23 Å². The Morgan fingerprint density at radius 1 is 1.25 bits per heavy atom. The molecule has 0 spiro atoms. The van der Waals surface area contributed by atoms with Crippen molar-refractivity contribution in [3.8, 4) is 0 Å². The monoisotopic (exact) mass is 212 g/mol. The van der Waals surface area contributed by atoms with E-state index in [4.69, 9.17) is 4.74 Å². The summed E-state index contributed by atoms with van der Waals surface area (Å²) in [4.78, 5) is 0. The molecule has 1 unspecified atom stereocenters. The fourth-order valence-electron chi connectivity index (χ4n) is 2.86. The second-order valence-electron chi connectivity index (χ2n) is 4.60. The molecular weight excluding hydrogens is 196 g/mol. The summed E-state index contributed by atoms with van der Waals surface area (Å²) in [6, 6.07) is 10.4. The van der Waals surface area contributed by atoms with Gasteiger partial charge in [0.05, 0.1) is 7.11 Å². The van der Waals surface area contributed by atoms with E-state index in [9.17, 15) is 0 Å². The van der Waals surface area contributed by atoms with E-state index in [-0.39, 0.29) is 0 Å². The first-order valence-electron chi connectivity index (χ1n) is 5.91. The molecule has 16 heavy (non-hydrogen) atoms. The van der Waals surface area contributed by atoms with Gasteiger partial charge >= 0.3 is 0 Å². The fourth-order valence-corrected chi connectivity index (χ4v) is 2.86. The Kier molecular flexibility index (Phi) is 2.32. The van der Waals surface area contributed by atoms with Gasteiger partial charge in [-0.05, 0) is 30.8 Å². The maximum Gasteiger partial charge on any atom is 0.129 e. The molecule has 2 bridgehead atoms. The number of methoxy groups -OCH3 is 1. The smallest absolute Gasteiger partial charge is 0.129 e. The lowest BCUT2D eigenvalue weighted by Gasteiger charge is -2.15. The van der Waals surface area contributed by atoms with E-state index in [1.165, 1.54) is 30.4 Å². The first-order valence-corrected chi connectivity index (χ1v) is 5.91. The van der Waals surface area contributed by atoms with Crippen LogP contribution in [0.1, 0.15) is 24.8 Å². The Labute approximate surface area is 96.4 Å². The summed E-state index contributed by atoms with van der Waals surface area (Å²) in [6.07, 6.45) is 6.20. The van der Waals surface area contributed by atoms with E-state index in [0.29, 0.717) is 5.92 Å². The summed E-state index contributed by atoms with van der Waals surface area (Å²) in [6.45, 7) is 0. The molecule has 0 radical (unpaired) electrons. The molecule has 82 valence electrons. The number of allylic oxidation sites excluding steroid dienone is 3. The molecule has 0 aliphatic heterocycles. The van der Waals surface area contributed by atoms with Crippen LogP contribution in [-0.4, -0.2) is 7.11 Å². The van der Waals surface area contributed by atoms with E-state index < -0.39 is 0 Å². The highest BCUT2D eigenvalue weighted by atomic mass is 16.5. The summed E-state index contributed by atoms with van der Waals surface area (Å²) in [7, 11) is 1.78. The van der Waals surface area contributed by atoms with E-state index in [1.807, 2.05) is 6.07 Å². The van der Waals surface area contributed by atoms with Crippen LogP contribution < -0.4 is 0 Å². The summed E-state index contributed by atoms with van der Waals surface area (Å²) in [5.41, 5.74) is 4.21. The third kappa shape index (κ3) is 1.47. The lowest BCUT2D eigenvalue weighted by Crippen LogP contribution is -2.00. The number of fused-ring (bicyclic) bond motifs is 2. The molecule has 1 atom stereocenters. The Balaban J connectivity index is 2.07. The first kappa shape index (κ1) is 9.71. The van der Waals surface area contributed by atoms with Crippen molar-refractivity contribution in [1.82, 2.24) is 0 Å². The van der Waals surface area contributed by atoms with Gasteiger partial charge in [0.1, 0.15) is 5.76 Å². The van der Waals surface area contributed by atoms with Crippen LogP contribution >= 0.6 is 0 Å². The molecule has 1 nitrogen and oxygen atoms in total. The van der Waals surface area contributed by atoms with Crippen LogP contribution in [0.25, 0.3) is 5.76 Å². The van der Waals surface area contributed by atoms with E-state index in [0.717, 1.165) is 5.76 Å². The number of hydrogen-bond donors (Lipinski definition) is 0. The van der Waals surface area contributed by atoms with Gasteiger partial charge in [0, 0.05) is 5.56 Å². The molecular formula is C15H16O. The second-order valence-corrected chi connectivity index (χ2v) is 4.60. The zero-order chi connectivity index (χ0) is 11.0. The molecule has 1 aromatic rings. The number of ether oxygens (including phenoxy) is 1. The first-order chi connectivity index (χ1) is 7.88. The zero-order valence-electron chi connectivity index (χ0n) is 9.57. The number of benzene rings is 1. The summed E-state index contributed by atoms with van der Waals surface area (Å²) < 4.78 is 5.61. The predicted molar refractivity (Wildman–Crippen MR) is 65.8 cm³/mol. The Bertz CT molecular complexity index is 454. The van der Waals surface area contributed by atoms with Crippen molar-refractivity contribution in [1.29, 1.82) is 0 Å². The van der Waals surface area contributed by atoms with Crippen molar-refractivity contribution in [3.63, 3.8) is 0 Å². The van der Waals surface area contributed by atoms with Gasteiger partial charge in [0.25, 0.3) is 0 Å². The highest BCUT2D eigenvalue weighted by Crippen LogP contribution is 2.45. The van der Waals surface area contributed by atoms with Crippen LogP contribution in [0.4, 0.5) is 0 Å². The predicted octanol–water partition coefficient (Wildman–Crippen LogP) is 3.78. The zero-order valence-corrected chi connectivity index (χ0v) is 9.57. The molecule has 2 aliphatic carbocycles. The molecule has 0 heterocycles. The third-order valence-electron chi connectivity index (χ3n) is 3.62. The van der Waals surface area contributed by atoms with Crippen molar-refractivity contribution in [2.45, 2.75) is 19.3 Å². The SMILES string of the molecule is CO/C(=C1\C=C2CCC1C2)c1ccccc1. The van der Waals surface area contributed by atoms with Gasteiger partial charge in [-0.15, -0.1) is 0 Å². The summed E-state index contributed by atoms with van der Waals surface area (Å²) in [5.74, 6) is 1.78. The van der Waals surface area contributed by atoms with Gasteiger partial charge in [-0.25, -0.2) is 0 Å². The molecule has 1 saturated carbocycles. The average Bonchev–Trinajstić information content (AvgIpc) is 2.94. The molecule has 2 aliphatic rings. The average molecular weight is 212 g/mol. The van der Waals surface area contributed by atoms with Crippen LogP contribution in [0.3, 0.4) is 0 Å². The molecule has 1 fully saturated rings. The normalized spacial score (nSPS) is 25.6. The van der Waals surface area contributed by atoms with Crippen LogP contribution in [0.5, 0.6) is 0 Å². The highest BCUT2D eigenvalue weighted by molar-refractivity contribution is 5.68. The van der Waals surface area contributed by atoms with Gasteiger partial charge in [0.2, 0.25) is 0 Å². The van der Waals surface area contributed by atoms with Crippen LogP contribution in [-0.2, 0) is 4.74 Å². The van der Waals surface area contributed by atoms with Crippen molar-refractivity contribution in [3.05, 3.63) is 53.1 Å². The van der Waals surface area contributed by atoms with Crippen molar-refractivity contribution < 1.29 is 4.74 Å². The van der Waals surface area contributed by atoms with Crippen molar-refractivity contribution in [2.75, 3.05) is 7.11 Å². The fraction of sp³-hybridized carbons (Fsp3) is 0.333. The van der Waals surface area contributed by atoms with E-state index >= 15 is 0 Å². The molecule has 0 amide bonds. The molecule has 0 saturated heterocycles. The standard InChI is InChI=1S/C15H16O/c1-16-15(12-5-3-2-4-6-12)14-10-11-7-8-13(14)9-11/h2-6,10,13H,7-9H2,1H3/b15-14+. The molecule has 0 N–H and O–H groups in total. The van der Waals surface area contributed by atoms with Crippen molar-refractivity contribution in [2.24, 2.45) is 5.92 Å². The lowest BCUT2D eigenvalue weighted by molar-refractivity contribution is 0.363. The molecule has 1 heteroatoms. The van der Waals surface area contributed by atoms with Gasteiger partial charge in [0.15, 0.2) is 0 Å². The number of hydrogen-bond acceptors (Lipinski definition) is 1. The molecule has 0 aromatic heterocycles. The Hall–Kier alpha value is -1.50. The third-order valence-corrected chi connectivity index (χ3v) is 3.62. The highest BCUT2D eigenvalue weighted by Gasteiger charge is 2.31. The largest absolute Gasteiger partial charge is 0.496 e. The summed E-state index contributed by atoms with van der Waals surface area (Å²) in [5, 5.41) is 0.